The van der Waals surface area contributed by atoms with Crippen LogP contribution in [0.25, 0.3) is 0 Å². The van der Waals surface area contributed by atoms with E-state index in [1.54, 1.807) is 0 Å². The maximum Gasteiger partial charge on any atom is 0.0651 e. The summed E-state index contributed by atoms with van der Waals surface area (Å²) >= 11 is 0. The van der Waals surface area contributed by atoms with E-state index in [2.05, 4.69) is 34.6 Å². The topological polar surface area (TPSA) is 80.9 Å². The van der Waals surface area contributed by atoms with E-state index in [1.165, 1.54) is 0 Å². The largest absolute Gasteiger partial charge is 0.393 e. The minimum Gasteiger partial charge on any atom is -0.393 e. The lowest BCUT2D eigenvalue weighted by Crippen LogP contribution is -2.66. The van der Waals surface area contributed by atoms with E-state index in [9.17, 15) is 20.4 Å². The monoisotopic (exact) mass is 478 g/mol. The van der Waals surface area contributed by atoms with Gasteiger partial charge in [-0.15, -0.1) is 0 Å². The van der Waals surface area contributed by atoms with Crippen LogP contribution >= 0.6 is 0 Å². The highest BCUT2D eigenvalue weighted by atomic mass is 16.3. The Morgan fingerprint density at radius 2 is 1.38 bits per heavy atom. The molecule has 4 N–H and O–H groups in total. The molecule has 10 atom stereocenters. The first kappa shape index (κ1) is 26.9. The zero-order chi connectivity index (χ0) is 25.5. The third kappa shape index (κ3) is 3.84. The maximum atomic E-state index is 11.8. The van der Waals surface area contributed by atoms with Gasteiger partial charge in [0.1, 0.15) is 0 Å². The minimum atomic E-state index is -0.824. The number of aliphatic hydroxyl groups excluding tert-OH is 2. The van der Waals surface area contributed by atoms with Crippen molar-refractivity contribution in [1.82, 2.24) is 0 Å². The standard InChI is InChI=1S/C30H54O4/c1-25(2,33)13-9-14-30(8,34)19-10-16-29(7)24(19)20(31)18-22-27(5)15-12-23(32)26(3,4)21(27)11-17-28(22,29)6/h19-24,31-34H,9-18H2,1-8H3/t19?,20-,21?,22?,23+,24?,27+,28-,29-,30+/m1/s1. The molecule has 4 aliphatic rings. The molecule has 4 fully saturated rings. The van der Waals surface area contributed by atoms with Crippen molar-refractivity contribution < 1.29 is 20.4 Å². The van der Waals surface area contributed by atoms with Crippen LogP contribution in [0.1, 0.15) is 120 Å². The lowest BCUT2D eigenvalue weighted by atomic mass is 9.35. The molecule has 4 heteroatoms. The molecule has 198 valence electrons. The molecule has 0 aromatic heterocycles. The number of hydrogen-bond acceptors (Lipinski definition) is 4. The van der Waals surface area contributed by atoms with Crippen molar-refractivity contribution in [3.05, 3.63) is 0 Å². The molecule has 0 aromatic carbocycles. The molecule has 4 nitrogen and oxygen atoms in total. The molecule has 0 spiro atoms. The Balaban J connectivity index is 1.62. The normalized spacial score (nSPS) is 50.1. The van der Waals surface area contributed by atoms with Gasteiger partial charge in [0.25, 0.3) is 0 Å². The molecule has 0 aromatic rings. The molecule has 0 saturated heterocycles. The molecule has 34 heavy (non-hydrogen) atoms. The van der Waals surface area contributed by atoms with E-state index in [-0.39, 0.29) is 45.7 Å². The molecule has 4 aliphatic carbocycles. The fraction of sp³-hybridized carbons (Fsp3) is 1.00. The third-order valence-electron chi connectivity index (χ3n) is 12.6. The van der Waals surface area contributed by atoms with Crippen molar-refractivity contribution in [2.24, 2.45) is 45.3 Å². The van der Waals surface area contributed by atoms with Crippen LogP contribution in [0, 0.1) is 45.3 Å². The number of hydrogen-bond donors (Lipinski definition) is 4. The highest BCUT2D eigenvalue weighted by Crippen LogP contribution is 2.75. The Hall–Kier alpha value is -0.160. The molecule has 0 aliphatic heterocycles. The van der Waals surface area contributed by atoms with Crippen LogP contribution in [-0.2, 0) is 0 Å². The summed E-state index contributed by atoms with van der Waals surface area (Å²) < 4.78 is 0. The Bertz CT molecular complexity index is 768. The second-order valence-corrected chi connectivity index (χ2v) is 15.4. The Morgan fingerprint density at radius 1 is 0.765 bits per heavy atom. The van der Waals surface area contributed by atoms with Gasteiger partial charge in [-0.05, 0) is 130 Å². The summed E-state index contributed by atoms with van der Waals surface area (Å²) in [5.74, 6) is 1.15. The van der Waals surface area contributed by atoms with Crippen molar-refractivity contribution >= 4 is 0 Å². The predicted octanol–water partition coefficient (Wildman–Crippen LogP) is 5.70. The Kier molecular flexibility index (Phi) is 6.46. The predicted molar refractivity (Wildman–Crippen MR) is 137 cm³/mol. The van der Waals surface area contributed by atoms with E-state index >= 15 is 0 Å². The van der Waals surface area contributed by atoms with Crippen LogP contribution in [-0.4, -0.2) is 43.8 Å². The first-order valence-electron chi connectivity index (χ1n) is 14.2. The summed E-state index contributed by atoms with van der Waals surface area (Å²) in [5, 5.41) is 44.5. The summed E-state index contributed by atoms with van der Waals surface area (Å²) in [6.45, 7) is 17.6. The van der Waals surface area contributed by atoms with E-state index in [4.69, 9.17) is 0 Å². The van der Waals surface area contributed by atoms with Crippen LogP contribution in [0.5, 0.6) is 0 Å². The summed E-state index contributed by atoms with van der Waals surface area (Å²) in [6, 6.07) is 0. The van der Waals surface area contributed by atoms with Gasteiger partial charge in [-0.25, -0.2) is 0 Å². The zero-order valence-corrected chi connectivity index (χ0v) is 23.3. The van der Waals surface area contributed by atoms with Crippen LogP contribution in [0.3, 0.4) is 0 Å². The highest BCUT2D eigenvalue weighted by molar-refractivity contribution is 5.19. The Morgan fingerprint density at radius 3 is 2.00 bits per heavy atom. The van der Waals surface area contributed by atoms with E-state index < -0.39 is 11.2 Å². The van der Waals surface area contributed by atoms with Crippen LogP contribution in [0.4, 0.5) is 0 Å². The average molecular weight is 479 g/mol. The highest BCUT2D eigenvalue weighted by Gasteiger charge is 2.71. The van der Waals surface area contributed by atoms with Crippen molar-refractivity contribution in [2.45, 2.75) is 143 Å². The average Bonchev–Trinajstić information content (AvgIpc) is 3.07. The van der Waals surface area contributed by atoms with Crippen LogP contribution < -0.4 is 0 Å². The van der Waals surface area contributed by atoms with Gasteiger partial charge < -0.3 is 20.4 Å². The summed E-state index contributed by atoms with van der Waals surface area (Å²) in [6.07, 6.45) is 8.62. The molecule has 0 bridgehead atoms. The van der Waals surface area contributed by atoms with Crippen molar-refractivity contribution in [3.8, 4) is 0 Å². The fourth-order valence-corrected chi connectivity index (χ4v) is 10.5. The van der Waals surface area contributed by atoms with Gasteiger partial charge >= 0.3 is 0 Å². The third-order valence-corrected chi connectivity index (χ3v) is 12.6. The first-order valence-corrected chi connectivity index (χ1v) is 14.2. The summed E-state index contributed by atoms with van der Waals surface area (Å²) in [5.41, 5.74) is -1.33. The number of aliphatic hydroxyl groups is 4. The maximum absolute atomic E-state index is 11.8. The second-order valence-electron chi connectivity index (χ2n) is 15.4. The van der Waals surface area contributed by atoms with Gasteiger partial charge in [-0.3, -0.25) is 0 Å². The zero-order valence-electron chi connectivity index (χ0n) is 23.3. The minimum absolute atomic E-state index is 0.00836. The molecular formula is C30H54O4. The molecular weight excluding hydrogens is 424 g/mol. The lowest BCUT2D eigenvalue weighted by molar-refractivity contribution is -0.246. The smallest absolute Gasteiger partial charge is 0.0651 e. The molecule has 4 unspecified atom stereocenters. The number of rotatable bonds is 5. The fourth-order valence-electron chi connectivity index (χ4n) is 10.5. The second kappa shape index (κ2) is 8.17. The van der Waals surface area contributed by atoms with Crippen LogP contribution in [0.15, 0.2) is 0 Å². The van der Waals surface area contributed by atoms with Gasteiger partial charge in [0, 0.05) is 0 Å². The van der Waals surface area contributed by atoms with Gasteiger partial charge in [-0.2, -0.15) is 0 Å². The first-order chi connectivity index (χ1) is 15.4. The molecule has 0 amide bonds. The quantitative estimate of drug-likeness (QED) is 0.409. The van der Waals surface area contributed by atoms with E-state index in [1.807, 2.05) is 20.8 Å². The van der Waals surface area contributed by atoms with Gasteiger partial charge in [0.15, 0.2) is 0 Å². The van der Waals surface area contributed by atoms with Gasteiger partial charge in [0.2, 0.25) is 0 Å². The SMILES string of the molecule is CC(C)(O)CCC[C@](C)(O)C1CC[C@]2(C)C1[C@H](O)CC1[C@@]3(C)CC[C@H](O)C(C)(C)C3CC[C@]12C. The van der Waals surface area contributed by atoms with Crippen molar-refractivity contribution in [3.63, 3.8) is 0 Å². The van der Waals surface area contributed by atoms with E-state index in [0.29, 0.717) is 24.7 Å². The van der Waals surface area contributed by atoms with Gasteiger partial charge in [-0.1, -0.05) is 34.6 Å². The Labute approximate surface area is 208 Å². The molecule has 0 radical (unpaired) electrons. The summed E-state index contributed by atoms with van der Waals surface area (Å²) in [7, 11) is 0. The molecule has 0 heterocycles. The van der Waals surface area contributed by atoms with Crippen LogP contribution in [0.2, 0.25) is 0 Å². The lowest BCUT2D eigenvalue weighted by Gasteiger charge is -2.70. The summed E-state index contributed by atoms with van der Waals surface area (Å²) in [4.78, 5) is 0. The van der Waals surface area contributed by atoms with E-state index in [0.717, 1.165) is 51.4 Å². The molecule has 4 saturated carbocycles. The van der Waals surface area contributed by atoms with Crippen molar-refractivity contribution in [2.75, 3.05) is 0 Å². The van der Waals surface area contributed by atoms with Gasteiger partial charge in [0.05, 0.1) is 23.4 Å². The molecule has 4 rings (SSSR count). The van der Waals surface area contributed by atoms with Crippen molar-refractivity contribution in [1.29, 1.82) is 0 Å². The number of fused-ring (bicyclic) bond motifs is 5.